The Morgan fingerprint density at radius 1 is 1.25 bits per heavy atom. The maximum atomic E-state index is 11.9. The number of nitrogens with one attached hydrogen (secondary N) is 1. The summed E-state index contributed by atoms with van der Waals surface area (Å²) in [5.74, 6) is 0.562. The second-order valence-electron chi connectivity index (χ2n) is 3.56. The summed E-state index contributed by atoms with van der Waals surface area (Å²) in [4.78, 5) is 0.348. The van der Waals surface area contributed by atoms with E-state index in [1.807, 2.05) is 6.07 Å². The Kier molecular flexibility index (Phi) is 5.25. The van der Waals surface area contributed by atoms with Crippen molar-refractivity contribution >= 4 is 21.6 Å². The summed E-state index contributed by atoms with van der Waals surface area (Å²) >= 11 is 5.52. The average molecular weight is 262 g/mol. The van der Waals surface area contributed by atoms with Gasteiger partial charge < -0.3 is 0 Å². The molecule has 0 aromatic heterocycles. The van der Waals surface area contributed by atoms with E-state index in [0.717, 1.165) is 18.4 Å². The molecular weight excluding hydrogens is 246 g/mol. The van der Waals surface area contributed by atoms with Gasteiger partial charge in [-0.1, -0.05) is 18.2 Å². The second kappa shape index (κ2) is 6.23. The predicted molar refractivity (Wildman–Crippen MR) is 66.3 cm³/mol. The van der Waals surface area contributed by atoms with Crippen LogP contribution in [0.4, 0.5) is 0 Å². The van der Waals surface area contributed by atoms with Gasteiger partial charge in [0.2, 0.25) is 10.0 Å². The minimum Gasteiger partial charge on any atom is -0.211 e. The van der Waals surface area contributed by atoms with Crippen LogP contribution in [0.1, 0.15) is 18.4 Å². The van der Waals surface area contributed by atoms with Gasteiger partial charge in [0.05, 0.1) is 4.90 Å². The highest BCUT2D eigenvalue weighted by atomic mass is 35.5. The van der Waals surface area contributed by atoms with Crippen molar-refractivity contribution in [3.05, 3.63) is 29.8 Å². The van der Waals surface area contributed by atoms with Crippen molar-refractivity contribution in [2.75, 3.05) is 12.4 Å². The van der Waals surface area contributed by atoms with Gasteiger partial charge in [0.25, 0.3) is 0 Å². The van der Waals surface area contributed by atoms with Crippen LogP contribution in [0.15, 0.2) is 29.2 Å². The molecule has 0 saturated heterocycles. The zero-order valence-corrected chi connectivity index (χ0v) is 10.8. The minimum absolute atomic E-state index is 0.348. The summed E-state index contributed by atoms with van der Waals surface area (Å²) in [7, 11) is -3.36. The first-order chi connectivity index (χ1) is 7.58. The summed E-state index contributed by atoms with van der Waals surface area (Å²) in [6, 6.07) is 6.94. The van der Waals surface area contributed by atoms with Gasteiger partial charge in [-0.05, 0) is 31.4 Å². The van der Waals surface area contributed by atoms with E-state index >= 15 is 0 Å². The van der Waals surface area contributed by atoms with E-state index in [1.54, 1.807) is 25.1 Å². The SMILES string of the molecule is Cc1ccccc1S(=O)(=O)NCCCCCl. The Morgan fingerprint density at radius 3 is 2.56 bits per heavy atom. The van der Waals surface area contributed by atoms with Crippen LogP contribution in [0.5, 0.6) is 0 Å². The van der Waals surface area contributed by atoms with Crippen LogP contribution < -0.4 is 4.72 Å². The summed E-state index contributed by atoms with van der Waals surface area (Å²) in [5.41, 5.74) is 0.757. The topological polar surface area (TPSA) is 46.2 Å². The summed E-state index contributed by atoms with van der Waals surface area (Å²) in [6.07, 6.45) is 1.58. The first-order valence-corrected chi connectivity index (χ1v) is 7.21. The van der Waals surface area contributed by atoms with E-state index in [2.05, 4.69) is 4.72 Å². The summed E-state index contributed by atoms with van der Waals surface area (Å²) in [6.45, 7) is 2.22. The lowest BCUT2D eigenvalue weighted by atomic mass is 10.2. The Labute approximate surface area is 102 Å². The summed E-state index contributed by atoms with van der Waals surface area (Å²) in [5, 5.41) is 0. The molecule has 0 unspecified atom stereocenters. The van der Waals surface area contributed by atoms with Crippen LogP contribution in [0.2, 0.25) is 0 Å². The monoisotopic (exact) mass is 261 g/mol. The molecule has 90 valence electrons. The Hall–Kier alpha value is -0.580. The largest absolute Gasteiger partial charge is 0.240 e. The Morgan fingerprint density at radius 2 is 1.94 bits per heavy atom. The van der Waals surface area contributed by atoms with Crippen molar-refractivity contribution < 1.29 is 8.42 Å². The van der Waals surface area contributed by atoms with Crippen molar-refractivity contribution in [1.82, 2.24) is 4.72 Å². The number of rotatable bonds is 6. The molecule has 1 N–H and O–H groups in total. The van der Waals surface area contributed by atoms with Crippen LogP contribution in [-0.4, -0.2) is 20.8 Å². The third-order valence-electron chi connectivity index (χ3n) is 2.24. The molecule has 1 rings (SSSR count). The van der Waals surface area contributed by atoms with Crippen molar-refractivity contribution in [3.8, 4) is 0 Å². The molecule has 3 nitrogen and oxygen atoms in total. The van der Waals surface area contributed by atoms with E-state index in [1.165, 1.54) is 0 Å². The molecule has 1 aromatic rings. The average Bonchev–Trinajstić information content (AvgIpc) is 2.25. The molecule has 0 amide bonds. The van der Waals surface area contributed by atoms with Crippen molar-refractivity contribution in [2.24, 2.45) is 0 Å². The number of halogens is 1. The number of benzene rings is 1. The number of hydrogen-bond acceptors (Lipinski definition) is 2. The molecule has 0 aliphatic rings. The highest BCUT2D eigenvalue weighted by Gasteiger charge is 2.14. The van der Waals surface area contributed by atoms with E-state index < -0.39 is 10.0 Å². The van der Waals surface area contributed by atoms with Crippen LogP contribution >= 0.6 is 11.6 Å². The number of hydrogen-bond donors (Lipinski definition) is 1. The Balaban J connectivity index is 2.68. The molecule has 0 atom stereocenters. The quantitative estimate of drug-likeness (QED) is 0.631. The fraction of sp³-hybridized carbons (Fsp3) is 0.455. The molecule has 5 heteroatoms. The van der Waals surface area contributed by atoms with Gasteiger partial charge >= 0.3 is 0 Å². The molecule has 0 radical (unpaired) electrons. The van der Waals surface area contributed by atoms with Crippen molar-refractivity contribution in [1.29, 1.82) is 0 Å². The fourth-order valence-electron chi connectivity index (χ4n) is 1.36. The molecule has 0 aliphatic heterocycles. The number of alkyl halides is 1. The highest BCUT2D eigenvalue weighted by molar-refractivity contribution is 7.89. The molecule has 0 spiro atoms. The number of unbranched alkanes of at least 4 members (excludes halogenated alkanes) is 1. The van der Waals surface area contributed by atoms with E-state index in [-0.39, 0.29) is 0 Å². The maximum Gasteiger partial charge on any atom is 0.240 e. The number of sulfonamides is 1. The van der Waals surface area contributed by atoms with Crippen LogP contribution in [0.3, 0.4) is 0 Å². The van der Waals surface area contributed by atoms with E-state index in [0.29, 0.717) is 17.3 Å². The highest BCUT2D eigenvalue weighted by Crippen LogP contribution is 2.13. The van der Waals surface area contributed by atoms with Gasteiger partial charge in [-0.25, -0.2) is 13.1 Å². The van der Waals surface area contributed by atoms with Gasteiger partial charge in [0.15, 0.2) is 0 Å². The third-order valence-corrected chi connectivity index (χ3v) is 4.12. The van der Waals surface area contributed by atoms with Crippen molar-refractivity contribution in [3.63, 3.8) is 0 Å². The van der Waals surface area contributed by atoms with E-state index in [4.69, 9.17) is 11.6 Å². The third kappa shape index (κ3) is 3.77. The lowest BCUT2D eigenvalue weighted by Crippen LogP contribution is -2.25. The van der Waals surface area contributed by atoms with Crippen molar-refractivity contribution in [2.45, 2.75) is 24.7 Å². The van der Waals surface area contributed by atoms with Crippen LogP contribution in [-0.2, 0) is 10.0 Å². The van der Waals surface area contributed by atoms with Gasteiger partial charge in [0.1, 0.15) is 0 Å². The fourth-order valence-corrected chi connectivity index (χ4v) is 2.87. The molecule has 0 aliphatic carbocycles. The first kappa shape index (κ1) is 13.5. The van der Waals surface area contributed by atoms with Gasteiger partial charge in [-0.15, -0.1) is 11.6 Å². The molecule has 0 saturated carbocycles. The second-order valence-corrected chi connectivity index (χ2v) is 5.67. The molecule has 16 heavy (non-hydrogen) atoms. The predicted octanol–water partition coefficient (Wildman–Crippen LogP) is 2.29. The van der Waals surface area contributed by atoms with Gasteiger partial charge in [-0.2, -0.15) is 0 Å². The van der Waals surface area contributed by atoms with E-state index in [9.17, 15) is 8.42 Å². The lowest BCUT2D eigenvalue weighted by Gasteiger charge is -2.08. The molecule has 0 heterocycles. The smallest absolute Gasteiger partial charge is 0.211 e. The zero-order valence-electron chi connectivity index (χ0n) is 9.24. The maximum absolute atomic E-state index is 11.9. The summed E-state index contributed by atoms with van der Waals surface area (Å²) < 4.78 is 26.3. The Bertz CT molecular complexity index is 431. The molecule has 0 fully saturated rings. The zero-order chi connectivity index (χ0) is 12.0. The van der Waals surface area contributed by atoms with Crippen LogP contribution in [0.25, 0.3) is 0 Å². The molecule has 0 bridgehead atoms. The van der Waals surface area contributed by atoms with Crippen LogP contribution in [0, 0.1) is 6.92 Å². The van der Waals surface area contributed by atoms with Gasteiger partial charge in [-0.3, -0.25) is 0 Å². The lowest BCUT2D eigenvalue weighted by molar-refractivity contribution is 0.578. The number of aryl methyl sites for hydroxylation is 1. The van der Waals surface area contributed by atoms with Gasteiger partial charge in [0, 0.05) is 12.4 Å². The minimum atomic E-state index is -3.36. The first-order valence-electron chi connectivity index (χ1n) is 5.19. The standard InChI is InChI=1S/C11H16ClNO2S/c1-10-6-2-3-7-11(10)16(14,15)13-9-5-4-8-12/h2-3,6-7,13H,4-5,8-9H2,1H3. The molecule has 1 aromatic carbocycles. The molecular formula is C11H16ClNO2S. The normalized spacial score (nSPS) is 11.6.